The molecule has 1 heterocycles. The zero-order valence-corrected chi connectivity index (χ0v) is 9.80. The van der Waals surface area contributed by atoms with E-state index in [0.717, 1.165) is 0 Å². The molecule has 0 aliphatic heterocycles. The molecule has 15 heavy (non-hydrogen) atoms. The number of aromatic nitrogens is 2. The Hall–Kier alpha value is -1.16. The molecule has 0 bridgehead atoms. The molecule has 82 valence electrons. The minimum Gasteiger partial charge on any atom is -0.309 e. The van der Waals surface area contributed by atoms with E-state index in [0.29, 0.717) is 12.2 Å². The normalized spacial score (nSPS) is 11.2. The number of amides is 1. The highest BCUT2D eigenvalue weighted by molar-refractivity contribution is 6.29. The van der Waals surface area contributed by atoms with E-state index in [4.69, 9.17) is 11.6 Å². The van der Waals surface area contributed by atoms with Crippen LogP contribution in [0.3, 0.4) is 0 Å². The summed E-state index contributed by atoms with van der Waals surface area (Å²) >= 11 is 5.64. The van der Waals surface area contributed by atoms with Crippen molar-refractivity contribution in [1.29, 1.82) is 0 Å². The fourth-order valence-corrected chi connectivity index (χ4v) is 1.22. The van der Waals surface area contributed by atoms with E-state index in [1.54, 1.807) is 0 Å². The van der Waals surface area contributed by atoms with Crippen molar-refractivity contribution in [3.63, 3.8) is 0 Å². The summed E-state index contributed by atoms with van der Waals surface area (Å²) in [6.07, 6.45) is 3.31. The minimum atomic E-state index is -0.0842. The SMILES string of the molecule is CC(C)(C)CC(=O)Nc1cncc(Cl)n1. The first kappa shape index (κ1) is 11.9. The van der Waals surface area contributed by atoms with Crippen LogP contribution in [0.15, 0.2) is 12.4 Å². The third kappa shape index (κ3) is 4.74. The summed E-state index contributed by atoms with van der Waals surface area (Å²) in [6, 6.07) is 0. The van der Waals surface area contributed by atoms with Gasteiger partial charge in [-0.25, -0.2) is 4.98 Å². The van der Waals surface area contributed by atoms with Gasteiger partial charge >= 0.3 is 0 Å². The summed E-state index contributed by atoms with van der Waals surface area (Å²) in [5.41, 5.74) is -0.0455. The van der Waals surface area contributed by atoms with Gasteiger partial charge in [-0.2, -0.15) is 0 Å². The molecule has 0 aliphatic carbocycles. The molecule has 5 heteroatoms. The van der Waals surface area contributed by atoms with Crippen LogP contribution >= 0.6 is 11.6 Å². The third-order valence-corrected chi connectivity index (χ3v) is 1.75. The lowest BCUT2D eigenvalue weighted by Crippen LogP contribution is -2.20. The van der Waals surface area contributed by atoms with E-state index in [1.165, 1.54) is 12.4 Å². The van der Waals surface area contributed by atoms with Crippen LogP contribution in [0, 0.1) is 5.41 Å². The van der Waals surface area contributed by atoms with Gasteiger partial charge in [0.2, 0.25) is 5.91 Å². The Bertz CT molecular complexity index is 360. The number of hydrogen-bond donors (Lipinski definition) is 1. The molecule has 1 aromatic rings. The monoisotopic (exact) mass is 227 g/mol. The number of carbonyl (C=O) groups excluding carboxylic acids is 1. The molecule has 0 aromatic carbocycles. The summed E-state index contributed by atoms with van der Waals surface area (Å²) in [4.78, 5) is 19.3. The molecule has 1 rings (SSSR count). The summed E-state index contributed by atoms with van der Waals surface area (Å²) in [7, 11) is 0. The van der Waals surface area contributed by atoms with Crippen molar-refractivity contribution in [2.45, 2.75) is 27.2 Å². The molecular weight excluding hydrogens is 214 g/mol. The van der Waals surface area contributed by atoms with E-state index in [1.807, 2.05) is 20.8 Å². The number of halogens is 1. The van der Waals surface area contributed by atoms with Gasteiger partial charge in [-0.1, -0.05) is 32.4 Å². The van der Waals surface area contributed by atoms with Crippen LogP contribution in [-0.4, -0.2) is 15.9 Å². The molecule has 1 amide bonds. The average molecular weight is 228 g/mol. The van der Waals surface area contributed by atoms with Crippen molar-refractivity contribution in [2.75, 3.05) is 5.32 Å². The van der Waals surface area contributed by atoms with Crippen molar-refractivity contribution in [3.05, 3.63) is 17.5 Å². The van der Waals surface area contributed by atoms with E-state index in [-0.39, 0.29) is 16.5 Å². The zero-order chi connectivity index (χ0) is 11.5. The molecule has 0 fully saturated rings. The molecule has 1 N–H and O–H groups in total. The van der Waals surface area contributed by atoms with Crippen LogP contribution in [0.5, 0.6) is 0 Å². The second kappa shape index (κ2) is 4.57. The fraction of sp³-hybridized carbons (Fsp3) is 0.500. The highest BCUT2D eigenvalue weighted by atomic mass is 35.5. The van der Waals surface area contributed by atoms with Gasteiger partial charge in [0.05, 0.1) is 12.4 Å². The van der Waals surface area contributed by atoms with Gasteiger partial charge in [0.15, 0.2) is 5.82 Å². The summed E-state index contributed by atoms with van der Waals surface area (Å²) in [5, 5.41) is 2.91. The highest BCUT2D eigenvalue weighted by Gasteiger charge is 2.16. The first-order valence-corrected chi connectivity index (χ1v) is 5.02. The Balaban J connectivity index is 2.59. The van der Waals surface area contributed by atoms with Gasteiger partial charge in [-0.05, 0) is 5.41 Å². The molecule has 0 atom stereocenters. The van der Waals surface area contributed by atoms with Gasteiger partial charge in [0.1, 0.15) is 5.15 Å². The van der Waals surface area contributed by atoms with E-state index >= 15 is 0 Å². The number of hydrogen-bond acceptors (Lipinski definition) is 3. The standard InChI is InChI=1S/C10H14ClN3O/c1-10(2,3)4-9(15)14-8-6-12-5-7(11)13-8/h5-6H,4H2,1-3H3,(H,13,14,15). The fourth-order valence-electron chi connectivity index (χ4n) is 1.07. The predicted octanol–water partition coefficient (Wildman–Crippen LogP) is 2.50. The van der Waals surface area contributed by atoms with Crippen LogP contribution in [0.1, 0.15) is 27.2 Å². The number of carbonyl (C=O) groups is 1. The first-order valence-electron chi connectivity index (χ1n) is 4.64. The van der Waals surface area contributed by atoms with Crippen LogP contribution < -0.4 is 5.32 Å². The van der Waals surface area contributed by atoms with Crippen molar-refractivity contribution >= 4 is 23.3 Å². The van der Waals surface area contributed by atoms with E-state index < -0.39 is 0 Å². The predicted molar refractivity (Wildman–Crippen MR) is 59.7 cm³/mol. The van der Waals surface area contributed by atoms with E-state index in [2.05, 4.69) is 15.3 Å². The van der Waals surface area contributed by atoms with Crippen molar-refractivity contribution < 1.29 is 4.79 Å². The second-order valence-electron chi connectivity index (χ2n) is 4.51. The molecule has 0 unspecified atom stereocenters. The zero-order valence-electron chi connectivity index (χ0n) is 9.04. The van der Waals surface area contributed by atoms with Gasteiger partial charge < -0.3 is 5.32 Å². The van der Waals surface area contributed by atoms with Crippen molar-refractivity contribution in [1.82, 2.24) is 9.97 Å². The topological polar surface area (TPSA) is 54.9 Å². The first-order chi connectivity index (χ1) is 6.87. The van der Waals surface area contributed by atoms with Crippen molar-refractivity contribution in [3.8, 4) is 0 Å². The summed E-state index contributed by atoms with van der Waals surface area (Å²) < 4.78 is 0. The lowest BCUT2D eigenvalue weighted by atomic mass is 9.92. The van der Waals surface area contributed by atoms with Crippen LogP contribution in [-0.2, 0) is 4.79 Å². The lowest BCUT2D eigenvalue weighted by molar-refractivity contribution is -0.117. The van der Waals surface area contributed by atoms with Crippen LogP contribution in [0.4, 0.5) is 5.82 Å². The molecule has 0 spiro atoms. The highest BCUT2D eigenvalue weighted by Crippen LogP contribution is 2.19. The second-order valence-corrected chi connectivity index (χ2v) is 4.90. The Labute approximate surface area is 94.1 Å². The van der Waals surface area contributed by atoms with Gasteiger partial charge in [0, 0.05) is 6.42 Å². The maximum Gasteiger partial charge on any atom is 0.226 e. The average Bonchev–Trinajstić information content (AvgIpc) is 1.99. The Kier molecular flexibility index (Phi) is 3.63. The Morgan fingerprint density at radius 3 is 2.67 bits per heavy atom. The van der Waals surface area contributed by atoms with E-state index in [9.17, 15) is 4.79 Å². The number of nitrogens with zero attached hydrogens (tertiary/aromatic N) is 2. The van der Waals surface area contributed by atoms with Crippen molar-refractivity contribution in [2.24, 2.45) is 5.41 Å². The van der Waals surface area contributed by atoms with Crippen LogP contribution in [0.2, 0.25) is 5.15 Å². The van der Waals surface area contributed by atoms with Gasteiger partial charge in [-0.15, -0.1) is 0 Å². The maximum atomic E-state index is 11.5. The third-order valence-electron chi connectivity index (χ3n) is 1.56. The molecule has 0 saturated heterocycles. The molecule has 0 saturated carbocycles. The Morgan fingerprint density at radius 2 is 2.13 bits per heavy atom. The largest absolute Gasteiger partial charge is 0.309 e. The van der Waals surface area contributed by atoms with Crippen LogP contribution in [0.25, 0.3) is 0 Å². The molecule has 0 aliphatic rings. The molecule has 0 radical (unpaired) electrons. The van der Waals surface area contributed by atoms with Gasteiger partial charge in [0.25, 0.3) is 0 Å². The number of anilines is 1. The summed E-state index contributed by atoms with van der Waals surface area (Å²) in [5.74, 6) is 0.302. The van der Waals surface area contributed by atoms with Gasteiger partial charge in [-0.3, -0.25) is 9.78 Å². The summed E-state index contributed by atoms with van der Waals surface area (Å²) in [6.45, 7) is 5.99. The minimum absolute atomic E-state index is 0.0455. The number of rotatable bonds is 2. The molecular formula is C10H14ClN3O. The lowest BCUT2D eigenvalue weighted by Gasteiger charge is -2.16. The Morgan fingerprint density at radius 1 is 1.47 bits per heavy atom. The smallest absolute Gasteiger partial charge is 0.226 e. The number of nitrogens with one attached hydrogen (secondary N) is 1. The maximum absolute atomic E-state index is 11.5. The quantitative estimate of drug-likeness (QED) is 0.845. The molecule has 4 nitrogen and oxygen atoms in total. The molecule has 1 aromatic heterocycles.